The van der Waals surface area contributed by atoms with Crippen molar-refractivity contribution in [2.24, 2.45) is 0 Å². The molecule has 0 heterocycles. The van der Waals surface area contributed by atoms with Crippen LogP contribution in [0, 0.1) is 10.1 Å². The van der Waals surface area contributed by atoms with Crippen molar-refractivity contribution in [1.82, 2.24) is 10.2 Å². The topological polar surface area (TPSA) is 111 Å². The summed E-state index contributed by atoms with van der Waals surface area (Å²) in [5.41, 5.74) is 0.409. The van der Waals surface area contributed by atoms with E-state index in [0.717, 1.165) is 32.1 Å². The standard InChI is InChI=1S/C25H29Cl2N3O6/c1-16(25(32)28-19-6-4-3-5-7-19)29(14-17-8-9-18(26)12-21(17)27)24(31)15-36-20-10-11-22(30(33)34)23(13-20)35-2/h8-13,16,19H,3-7,14-15H2,1-2H3,(H,28,32)/t16-/m1/s1. The minimum absolute atomic E-state index is 0.00924. The van der Waals surface area contributed by atoms with Gasteiger partial charge in [0.25, 0.3) is 5.91 Å². The van der Waals surface area contributed by atoms with E-state index in [1.54, 1.807) is 25.1 Å². The van der Waals surface area contributed by atoms with Gasteiger partial charge >= 0.3 is 5.69 Å². The highest BCUT2D eigenvalue weighted by atomic mass is 35.5. The minimum atomic E-state index is -0.791. The third kappa shape index (κ3) is 7.24. The Hall–Kier alpha value is -3.04. The second-order valence-electron chi connectivity index (χ2n) is 8.66. The number of carbonyl (C=O) groups excluding carboxylic acids is 2. The molecule has 9 nitrogen and oxygen atoms in total. The number of hydrogen-bond donors (Lipinski definition) is 1. The quantitative estimate of drug-likeness (QED) is 0.331. The number of benzene rings is 2. The zero-order valence-corrected chi connectivity index (χ0v) is 21.7. The number of nitro benzene ring substituents is 1. The molecule has 0 aromatic heterocycles. The Balaban J connectivity index is 1.76. The molecule has 1 aliphatic carbocycles. The summed E-state index contributed by atoms with van der Waals surface area (Å²) in [6, 6.07) is 8.21. The molecule has 11 heteroatoms. The fourth-order valence-corrected chi connectivity index (χ4v) is 4.58. The molecule has 0 saturated heterocycles. The van der Waals surface area contributed by atoms with E-state index >= 15 is 0 Å². The summed E-state index contributed by atoms with van der Waals surface area (Å²) in [4.78, 5) is 38.3. The molecule has 0 bridgehead atoms. The Morgan fingerprint density at radius 3 is 2.53 bits per heavy atom. The van der Waals surface area contributed by atoms with Gasteiger partial charge in [0.15, 0.2) is 6.61 Å². The van der Waals surface area contributed by atoms with Crippen LogP contribution >= 0.6 is 23.2 Å². The van der Waals surface area contributed by atoms with Crippen molar-refractivity contribution >= 4 is 40.7 Å². The maximum absolute atomic E-state index is 13.3. The van der Waals surface area contributed by atoms with Crippen LogP contribution in [-0.4, -0.2) is 47.4 Å². The van der Waals surface area contributed by atoms with E-state index in [1.807, 2.05) is 0 Å². The van der Waals surface area contributed by atoms with Crippen molar-refractivity contribution in [2.45, 2.75) is 57.7 Å². The summed E-state index contributed by atoms with van der Waals surface area (Å²) >= 11 is 12.4. The smallest absolute Gasteiger partial charge is 0.311 e. The number of nitro groups is 1. The Labute approximate surface area is 219 Å². The lowest BCUT2D eigenvalue weighted by atomic mass is 9.95. The average Bonchev–Trinajstić information content (AvgIpc) is 2.86. The number of halogens is 2. The predicted molar refractivity (Wildman–Crippen MR) is 137 cm³/mol. The van der Waals surface area contributed by atoms with E-state index < -0.39 is 23.5 Å². The van der Waals surface area contributed by atoms with E-state index in [1.165, 1.54) is 30.2 Å². The van der Waals surface area contributed by atoms with Crippen molar-refractivity contribution < 1.29 is 24.0 Å². The molecule has 2 amide bonds. The summed E-state index contributed by atoms with van der Waals surface area (Å²) in [6.45, 7) is 1.34. The molecule has 36 heavy (non-hydrogen) atoms. The van der Waals surface area contributed by atoms with Gasteiger partial charge in [-0.05, 0) is 43.5 Å². The number of methoxy groups -OCH3 is 1. The van der Waals surface area contributed by atoms with Crippen molar-refractivity contribution in [3.05, 3.63) is 62.1 Å². The van der Waals surface area contributed by atoms with Crippen LogP contribution in [0.25, 0.3) is 0 Å². The van der Waals surface area contributed by atoms with E-state index in [2.05, 4.69) is 5.32 Å². The number of nitrogens with zero attached hydrogens (tertiary/aromatic N) is 2. The number of nitrogens with one attached hydrogen (secondary N) is 1. The molecule has 2 aromatic carbocycles. The highest BCUT2D eigenvalue weighted by molar-refractivity contribution is 6.35. The maximum Gasteiger partial charge on any atom is 0.311 e. The first-order valence-electron chi connectivity index (χ1n) is 11.7. The highest BCUT2D eigenvalue weighted by Gasteiger charge is 2.29. The van der Waals surface area contributed by atoms with Crippen LogP contribution in [0.3, 0.4) is 0 Å². The van der Waals surface area contributed by atoms with Crippen LogP contribution in [0.4, 0.5) is 5.69 Å². The average molecular weight is 538 g/mol. The molecule has 0 spiro atoms. The highest BCUT2D eigenvalue weighted by Crippen LogP contribution is 2.31. The van der Waals surface area contributed by atoms with Gasteiger partial charge in [-0.25, -0.2) is 0 Å². The molecule has 0 aliphatic heterocycles. The van der Waals surface area contributed by atoms with Gasteiger partial charge in [0, 0.05) is 34.8 Å². The number of rotatable bonds is 10. The summed E-state index contributed by atoms with van der Waals surface area (Å²) < 4.78 is 10.7. The summed E-state index contributed by atoms with van der Waals surface area (Å²) in [6.07, 6.45) is 5.12. The largest absolute Gasteiger partial charge is 0.490 e. The van der Waals surface area contributed by atoms with Gasteiger partial charge in [0.2, 0.25) is 11.7 Å². The molecule has 3 rings (SSSR count). The molecule has 0 radical (unpaired) electrons. The van der Waals surface area contributed by atoms with Gasteiger partial charge in [-0.2, -0.15) is 0 Å². The van der Waals surface area contributed by atoms with Crippen molar-refractivity contribution in [1.29, 1.82) is 0 Å². The molecule has 194 valence electrons. The molecule has 1 fully saturated rings. The second-order valence-corrected chi connectivity index (χ2v) is 9.50. The third-order valence-electron chi connectivity index (χ3n) is 6.18. The number of ether oxygens (including phenoxy) is 2. The summed E-state index contributed by atoms with van der Waals surface area (Å²) in [5, 5.41) is 15.0. The van der Waals surface area contributed by atoms with E-state index in [0.29, 0.717) is 15.6 Å². The lowest BCUT2D eigenvalue weighted by Gasteiger charge is -2.31. The maximum atomic E-state index is 13.3. The van der Waals surface area contributed by atoms with Crippen LogP contribution in [0.15, 0.2) is 36.4 Å². The normalized spacial score (nSPS) is 14.6. The van der Waals surface area contributed by atoms with Gasteiger partial charge in [0.05, 0.1) is 12.0 Å². The Bertz CT molecular complexity index is 1110. The summed E-state index contributed by atoms with van der Waals surface area (Å²) in [7, 11) is 1.31. The molecule has 0 unspecified atom stereocenters. The second kappa shape index (κ2) is 12.8. The van der Waals surface area contributed by atoms with Gasteiger partial charge in [-0.3, -0.25) is 19.7 Å². The van der Waals surface area contributed by atoms with Crippen LogP contribution in [0.5, 0.6) is 11.5 Å². The first-order chi connectivity index (χ1) is 17.2. The molecule has 2 aromatic rings. The van der Waals surface area contributed by atoms with Gasteiger partial charge in [-0.1, -0.05) is 48.5 Å². The minimum Gasteiger partial charge on any atom is -0.490 e. The van der Waals surface area contributed by atoms with Crippen molar-refractivity contribution in [3.63, 3.8) is 0 Å². The van der Waals surface area contributed by atoms with Gasteiger partial charge < -0.3 is 19.7 Å². The molecule has 1 saturated carbocycles. The first-order valence-corrected chi connectivity index (χ1v) is 12.4. The number of hydrogen-bond acceptors (Lipinski definition) is 6. The fraction of sp³-hybridized carbons (Fsp3) is 0.440. The van der Waals surface area contributed by atoms with E-state index in [9.17, 15) is 19.7 Å². The zero-order chi connectivity index (χ0) is 26.2. The van der Waals surface area contributed by atoms with Crippen molar-refractivity contribution in [3.8, 4) is 11.5 Å². The number of carbonyl (C=O) groups is 2. The Kier molecular flexibility index (Phi) is 9.78. The first kappa shape index (κ1) is 27.5. The van der Waals surface area contributed by atoms with Crippen LogP contribution < -0.4 is 14.8 Å². The Morgan fingerprint density at radius 2 is 1.89 bits per heavy atom. The van der Waals surface area contributed by atoms with Crippen LogP contribution in [0.2, 0.25) is 10.0 Å². The fourth-order valence-electron chi connectivity index (χ4n) is 4.11. The number of amides is 2. The molecular weight excluding hydrogens is 509 g/mol. The monoisotopic (exact) mass is 537 g/mol. The predicted octanol–water partition coefficient (Wildman–Crippen LogP) is 5.16. The van der Waals surface area contributed by atoms with Crippen LogP contribution in [0.1, 0.15) is 44.6 Å². The van der Waals surface area contributed by atoms with Crippen molar-refractivity contribution in [2.75, 3.05) is 13.7 Å². The molecule has 1 atom stereocenters. The van der Waals surface area contributed by atoms with Gasteiger partial charge in [0.1, 0.15) is 11.8 Å². The van der Waals surface area contributed by atoms with Crippen LogP contribution in [-0.2, 0) is 16.1 Å². The van der Waals surface area contributed by atoms with E-state index in [-0.39, 0.29) is 35.7 Å². The zero-order valence-electron chi connectivity index (χ0n) is 20.2. The molecule has 1 N–H and O–H groups in total. The lowest BCUT2D eigenvalue weighted by molar-refractivity contribution is -0.385. The third-order valence-corrected chi connectivity index (χ3v) is 6.77. The van der Waals surface area contributed by atoms with Gasteiger partial charge in [-0.15, -0.1) is 0 Å². The molecular formula is C25H29Cl2N3O6. The van der Waals surface area contributed by atoms with E-state index in [4.69, 9.17) is 32.7 Å². The lowest BCUT2D eigenvalue weighted by Crippen LogP contribution is -2.51. The SMILES string of the molecule is COc1cc(OCC(=O)N(Cc2ccc(Cl)cc2Cl)[C@H](C)C(=O)NC2CCCCC2)ccc1[N+](=O)[O-]. The summed E-state index contributed by atoms with van der Waals surface area (Å²) in [5.74, 6) is -0.480. The Morgan fingerprint density at radius 1 is 1.17 bits per heavy atom. The molecule has 1 aliphatic rings.